The first-order chi connectivity index (χ1) is 9.73. The highest BCUT2D eigenvalue weighted by molar-refractivity contribution is 5.98. The number of benzene rings is 1. The summed E-state index contributed by atoms with van der Waals surface area (Å²) in [5, 5.41) is 21.1. The molecule has 114 valence electrons. The van der Waals surface area contributed by atoms with Crippen molar-refractivity contribution in [1.82, 2.24) is 4.90 Å². The summed E-state index contributed by atoms with van der Waals surface area (Å²) in [5.41, 5.74) is 4.67. The molecular weight excluding hydrogens is 278 g/mol. The summed E-state index contributed by atoms with van der Waals surface area (Å²) in [6, 6.07) is 2.97. The lowest BCUT2D eigenvalue weighted by Crippen LogP contribution is -2.45. The van der Waals surface area contributed by atoms with Crippen LogP contribution in [0.15, 0.2) is 18.2 Å². The van der Waals surface area contributed by atoms with E-state index >= 15 is 0 Å². The predicted octanol–water partition coefficient (Wildman–Crippen LogP) is 0.818. The van der Waals surface area contributed by atoms with Gasteiger partial charge in [0.1, 0.15) is 12.1 Å². The van der Waals surface area contributed by atoms with E-state index in [-0.39, 0.29) is 23.8 Å². The highest BCUT2D eigenvalue weighted by atomic mass is 16.4. The van der Waals surface area contributed by atoms with E-state index in [9.17, 15) is 19.5 Å². The van der Waals surface area contributed by atoms with Crippen molar-refractivity contribution >= 4 is 23.6 Å². The van der Waals surface area contributed by atoms with E-state index in [1.54, 1.807) is 13.8 Å². The summed E-state index contributed by atoms with van der Waals surface area (Å²) in [4.78, 5) is 35.1. The van der Waals surface area contributed by atoms with Crippen molar-refractivity contribution in [3.8, 4) is 5.75 Å². The first-order valence-corrected chi connectivity index (χ1v) is 6.15. The number of rotatable bonds is 5. The van der Waals surface area contributed by atoms with Gasteiger partial charge < -0.3 is 26.2 Å². The van der Waals surface area contributed by atoms with Crippen LogP contribution in [0.2, 0.25) is 0 Å². The van der Waals surface area contributed by atoms with Crippen molar-refractivity contribution in [2.45, 2.75) is 19.9 Å². The lowest BCUT2D eigenvalue weighted by atomic mass is 10.1. The summed E-state index contributed by atoms with van der Waals surface area (Å²) in [6.07, 6.45) is 0. The van der Waals surface area contributed by atoms with Gasteiger partial charge in [-0.2, -0.15) is 0 Å². The number of carboxylic acids is 1. The SMILES string of the molecule is CC(C)N(CC(N)=O)C(=O)Nc1cccc(C(=O)O)c1O. The Hall–Kier alpha value is -2.77. The molecule has 0 radical (unpaired) electrons. The Morgan fingerprint density at radius 2 is 1.95 bits per heavy atom. The van der Waals surface area contributed by atoms with Crippen LogP contribution in [0.1, 0.15) is 24.2 Å². The number of carbonyl (C=O) groups is 3. The van der Waals surface area contributed by atoms with Gasteiger partial charge in [-0.25, -0.2) is 9.59 Å². The molecule has 1 rings (SSSR count). The number of para-hydroxylation sites is 1. The second kappa shape index (κ2) is 6.60. The number of nitrogens with one attached hydrogen (secondary N) is 1. The molecule has 0 bridgehead atoms. The second-order valence-corrected chi connectivity index (χ2v) is 4.63. The molecule has 0 atom stereocenters. The standard InChI is InChI=1S/C13H17N3O5/c1-7(2)16(6-10(14)17)13(21)15-9-5-3-4-8(11(9)18)12(19)20/h3-5,7,18H,6H2,1-2H3,(H2,14,17)(H,15,21)(H,19,20). The normalized spacial score (nSPS) is 10.2. The number of hydrogen-bond donors (Lipinski definition) is 4. The molecule has 3 amide bonds. The number of aromatic carboxylic acids is 1. The van der Waals surface area contributed by atoms with Gasteiger partial charge in [0, 0.05) is 6.04 Å². The van der Waals surface area contributed by atoms with Gasteiger partial charge in [0.25, 0.3) is 0 Å². The number of amides is 3. The number of hydrogen-bond acceptors (Lipinski definition) is 4. The quantitative estimate of drug-likeness (QED) is 0.597. The van der Waals surface area contributed by atoms with Crippen molar-refractivity contribution in [3.05, 3.63) is 23.8 Å². The van der Waals surface area contributed by atoms with Gasteiger partial charge in [0.05, 0.1) is 5.69 Å². The monoisotopic (exact) mass is 295 g/mol. The topological polar surface area (TPSA) is 133 Å². The maximum absolute atomic E-state index is 12.1. The molecule has 0 fully saturated rings. The maximum atomic E-state index is 12.1. The highest BCUT2D eigenvalue weighted by Gasteiger charge is 2.21. The summed E-state index contributed by atoms with van der Waals surface area (Å²) in [6.45, 7) is 3.09. The van der Waals surface area contributed by atoms with E-state index in [4.69, 9.17) is 10.8 Å². The average molecular weight is 295 g/mol. The van der Waals surface area contributed by atoms with Crippen LogP contribution in [-0.4, -0.2) is 45.6 Å². The Bertz CT molecular complexity index is 571. The van der Waals surface area contributed by atoms with Gasteiger partial charge in [-0.05, 0) is 26.0 Å². The predicted molar refractivity (Wildman–Crippen MR) is 75.1 cm³/mol. The first kappa shape index (κ1) is 16.3. The van der Waals surface area contributed by atoms with Crippen LogP contribution < -0.4 is 11.1 Å². The van der Waals surface area contributed by atoms with Gasteiger partial charge in [-0.15, -0.1) is 0 Å². The summed E-state index contributed by atoms with van der Waals surface area (Å²) < 4.78 is 0. The van der Waals surface area contributed by atoms with Crippen molar-refractivity contribution in [2.24, 2.45) is 5.73 Å². The fourth-order valence-electron chi connectivity index (χ4n) is 1.66. The molecule has 0 aromatic heterocycles. The largest absolute Gasteiger partial charge is 0.505 e. The van der Waals surface area contributed by atoms with Gasteiger partial charge in [0.2, 0.25) is 5.91 Å². The van der Waals surface area contributed by atoms with Gasteiger partial charge in [-0.3, -0.25) is 4.79 Å². The summed E-state index contributed by atoms with van der Waals surface area (Å²) in [7, 11) is 0. The molecule has 8 nitrogen and oxygen atoms in total. The number of nitrogens with zero attached hydrogens (tertiary/aromatic N) is 1. The fourth-order valence-corrected chi connectivity index (χ4v) is 1.66. The molecule has 0 spiro atoms. The molecule has 5 N–H and O–H groups in total. The van der Waals surface area contributed by atoms with Crippen molar-refractivity contribution < 1.29 is 24.6 Å². The maximum Gasteiger partial charge on any atom is 0.339 e. The third kappa shape index (κ3) is 4.10. The molecule has 21 heavy (non-hydrogen) atoms. The zero-order chi connectivity index (χ0) is 16.2. The Balaban J connectivity index is 2.99. The molecular formula is C13H17N3O5. The average Bonchev–Trinajstić information content (AvgIpc) is 2.37. The minimum Gasteiger partial charge on any atom is -0.505 e. The summed E-state index contributed by atoms with van der Waals surface area (Å²) >= 11 is 0. The molecule has 0 heterocycles. The molecule has 0 aliphatic heterocycles. The lowest BCUT2D eigenvalue weighted by molar-refractivity contribution is -0.118. The van der Waals surface area contributed by atoms with Crippen LogP contribution >= 0.6 is 0 Å². The van der Waals surface area contributed by atoms with E-state index in [0.29, 0.717) is 0 Å². The zero-order valence-electron chi connectivity index (χ0n) is 11.7. The van der Waals surface area contributed by atoms with E-state index in [0.717, 1.165) is 4.90 Å². The van der Waals surface area contributed by atoms with Crippen LogP contribution in [0.5, 0.6) is 5.75 Å². The van der Waals surface area contributed by atoms with Crippen molar-refractivity contribution in [1.29, 1.82) is 0 Å². The third-order valence-corrected chi connectivity index (χ3v) is 2.72. The molecule has 0 saturated carbocycles. The molecule has 0 aliphatic rings. The Kier molecular flexibility index (Phi) is 5.12. The summed E-state index contributed by atoms with van der Waals surface area (Å²) in [5.74, 6) is -2.55. The number of urea groups is 1. The minimum absolute atomic E-state index is 0.0602. The Morgan fingerprint density at radius 3 is 2.43 bits per heavy atom. The van der Waals surface area contributed by atoms with E-state index in [2.05, 4.69) is 5.32 Å². The third-order valence-electron chi connectivity index (χ3n) is 2.72. The van der Waals surface area contributed by atoms with Crippen molar-refractivity contribution in [3.63, 3.8) is 0 Å². The molecule has 1 aromatic carbocycles. The molecule has 0 unspecified atom stereocenters. The van der Waals surface area contributed by atoms with Gasteiger partial charge >= 0.3 is 12.0 Å². The number of phenols is 1. The molecule has 8 heteroatoms. The number of primary amides is 1. The smallest absolute Gasteiger partial charge is 0.339 e. The van der Waals surface area contributed by atoms with Crippen LogP contribution in [0.4, 0.5) is 10.5 Å². The molecule has 1 aromatic rings. The van der Waals surface area contributed by atoms with E-state index < -0.39 is 23.7 Å². The van der Waals surface area contributed by atoms with Crippen LogP contribution in [-0.2, 0) is 4.79 Å². The molecule has 0 saturated heterocycles. The van der Waals surface area contributed by atoms with Crippen LogP contribution in [0.25, 0.3) is 0 Å². The fraction of sp³-hybridized carbons (Fsp3) is 0.308. The first-order valence-electron chi connectivity index (χ1n) is 6.15. The van der Waals surface area contributed by atoms with E-state index in [1.165, 1.54) is 18.2 Å². The minimum atomic E-state index is -1.32. The lowest BCUT2D eigenvalue weighted by Gasteiger charge is -2.25. The number of aromatic hydroxyl groups is 1. The number of nitrogens with two attached hydrogens (primary N) is 1. The highest BCUT2D eigenvalue weighted by Crippen LogP contribution is 2.27. The number of carboxylic acid groups (broad SMARTS) is 1. The second-order valence-electron chi connectivity index (χ2n) is 4.63. The Labute approximate surface area is 121 Å². The zero-order valence-corrected chi connectivity index (χ0v) is 11.7. The molecule has 0 aliphatic carbocycles. The number of anilines is 1. The van der Waals surface area contributed by atoms with E-state index in [1.807, 2.05) is 0 Å². The van der Waals surface area contributed by atoms with Gasteiger partial charge in [0.15, 0.2) is 5.75 Å². The van der Waals surface area contributed by atoms with Gasteiger partial charge in [-0.1, -0.05) is 6.07 Å². The number of carbonyl (C=O) groups excluding carboxylic acids is 2. The van der Waals surface area contributed by atoms with Crippen LogP contribution in [0, 0.1) is 0 Å². The van der Waals surface area contributed by atoms with Crippen molar-refractivity contribution in [2.75, 3.05) is 11.9 Å². The van der Waals surface area contributed by atoms with Crippen LogP contribution in [0.3, 0.4) is 0 Å². The Morgan fingerprint density at radius 1 is 1.33 bits per heavy atom.